The molecule has 1 heterocycles. The number of nitrogens with zero attached hydrogens (tertiary/aromatic N) is 1. The molecule has 0 saturated carbocycles. The summed E-state index contributed by atoms with van der Waals surface area (Å²) in [5.74, 6) is 0.263. The molecule has 0 bridgehead atoms. The summed E-state index contributed by atoms with van der Waals surface area (Å²) in [6.45, 7) is 3.35. The topological polar surface area (TPSA) is 63.4 Å². The monoisotopic (exact) mass is 288 g/mol. The molecule has 0 aromatic heterocycles. The fourth-order valence-electron chi connectivity index (χ4n) is 2.20. The molecule has 0 spiro atoms. The minimum Gasteiger partial charge on any atom is -0.330 e. The lowest BCUT2D eigenvalue weighted by atomic mass is 10.1. The number of benzene rings is 1. The average molecular weight is 289 g/mol. The third-order valence-corrected chi connectivity index (χ3v) is 5.59. The first-order valence-electron chi connectivity index (χ1n) is 5.91. The van der Waals surface area contributed by atoms with E-state index in [2.05, 4.69) is 0 Å². The molecule has 0 amide bonds. The Bertz CT molecular complexity index is 545. The first-order chi connectivity index (χ1) is 8.45. The predicted molar refractivity (Wildman–Crippen MR) is 72.1 cm³/mol. The van der Waals surface area contributed by atoms with Crippen molar-refractivity contribution in [3.05, 3.63) is 28.8 Å². The van der Waals surface area contributed by atoms with Crippen LogP contribution in [0.1, 0.15) is 12.0 Å². The molecule has 2 N–H and O–H groups in total. The predicted octanol–water partition coefficient (Wildman–Crippen LogP) is 1.62. The number of nitrogens with two attached hydrogens (primary N) is 1. The molecule has 1 fully saturated rings. The normalized spacial score (nSPS) is 21.4. The van der Waals surface area contributed by atoms with E-state index in [9.17, 15) is 8.42 Å². The first kappa shape index (κ1) is 13.8. The van der Waals surface area contributed by atoms with Gasteiger partial charge in [-0.2, -0.15) is 4.31 Å². The van der Waals surface area contributed by atoms with Crippen molar-refractivity contribution in [1.29, 1.82) is 0 Å². The van der Waals surface area contributed by atoms with Crippen molar-refractivity contribution in [1.82, 2.24) is 4.31 Å². The van der Waals surface area contributed by atoms with Gasteiger partial charge in [-0.25, -0.2) is 8.42 Å². The van der Waals surface area contributed by atoms with Crippen LogP contribution in [0.2, 0.25) is 5.02 Å². The second kappa shape index (κ2) is 5.17. The summed E-state index contributed by atoms with van der Waals surface area (Å²) >= 11 is 5.88. The van der Waals surface area contributed by atoms with Gasteiger partial charge in [-0.1, -0.05) is 17.7 Å². The molecule has 6 heteroatoms. The molecule has 100 valence electrons. The Kier molecular flexibility index (Phi) is 3.96. The summed E-state index contributed by atoms with van der Waals surface area (Å²) in [6, 6.07) is 4.94. The van der Waals surface area contributed by atoms with Gasteiger partial charge in [0.25, 0.3) is 0 Å². The molecule has 1 saturated heterocycles. The molecule has 1 aliphatic rings. The second-order valence-electron chi connectivity index (χ2n) is 4.66. The average Bonchev–Trinajstić information content (AvgIpc) is 2.81. The highest BCUT2D eigenvalue weighted by molar-refractivity contribution is 7.89. The highest BCUT2D eigenvalue weighted by atomic mass is 35.5. The lowest BCUT2D eigenvalue weighted by Crippen LogP contribution is -2.30. The third-order valence-electron chi connectivity index (χ3n) is 3.35. The Morgan fingerprint density at radius 1 is 1.50 bits per heavy atom. The van der Waals surface area contributed by atoms with Crippen molar-refractivity contribution in [2.24, 2.45) is 11.7 Å². The van der Waals surface area contributed by atoms with Crippen LogP contribution in [-0.4, -0.2) is 32.4 Å². The molecule has 1 atom stereocenters. The van der Waals surface area contributed by atoms with Crippen LogP contribution in [0.15, 0.2) is 23.1 Å². The summed E-state index contributed by atoms with van der Waals surface area (Å²) in [5, 5.41) is 0.439. The second-order valence-corrected chi connectivity index (χ2v) is 7.01. The maximum absolute atomic E-state index is 12.5. The SMILES string of the molecule is Cc1ccc(Cl)cc1S(=O)(=O)N1CC[C@H](CN)C1. The van der Waals surface area contributed by atoms with Crippen molar-refractivity contribution in [3.8, 4) is 0 Å². The van der Waals surface area contributed by atoms with E-state index in [1.165, 1.54) is 10.4 Å². The number of hydrogen-bond donors (Lipinski definition) is 1. The zero-order valence-electron chi connectivity index (χ0n) is 10.3. The Balaban J connectivity index is 2.34. The van der Waals surface area contributed by atoms with E-state index in [4.69, 9.17) is 17.3 Å². The molecule has 1 aromatic carbocycles. The van der Waals surface area contributed by atoms with Gasteiger partial charge in [0.1, 0.15) is 0 Å². The van der Waals surface area contributed by atoms with Gasteiger partial charge in [0, 0.05) is 18.1 Å². The fraction of sp³-hybridized carbons (Fsp3) is 0.500. The van der Waals surface area contributed by atoms with Gasteiger partial charge < -0.3 is 5.73 Å². The van der Waals surface area contributed by atoms with Crippen LogP contribution in [0, 0.1) is 12.8 Å². The molecule has 1 aromatic rings. The molecule has 4 nitrogen and oxygen atoms in total. The first-order valence-corrected chi connectivity index (χ1v) is 7.73. The molecule has 1 aliphatic heterocycles. The lowest BCUT2D eigenvalue weighted by molar-refractivity contribution is 0.458. The highest BCUT2D eigenvalue weighted by Crippen LogP contribution is 2.27. The summed E-state index contributed by atoms with van der Waals surface area (Å²) in [7, 11) is -3.44. The molecule has 0 radical (unpaired) electrons. The number of sulfonamides is 1. The minimum atomic E-state index is -3.44. The fourth-order valence-corrected chi connectivity index (χ4v) is 4.22. The van der Waals surface area contributed by atoms with Crippen molar-refractivity contribution >= 4 is 21.6 Å². The number of rotatable bonds is 3. The smallest absolute Gasteiger partial charge is 0.243 e. The van der Waals surface area contributed by atoms with Gasteiger partial charge in [-0.15, -0.1) is 0 Å². The van der Waals surface area contributed by atoms with Crippen LogP contribution in [0.5, 0.6) is 0 Å². The van der Waals surface area contributed by atoms with E-state index in [1.807, 2.05) is 0 Å². The minimum absolute atomic E-state index is 0.263. The van der Waals surface area contributed by atoms with Crippen molar-refractivity contribution in [2.45, 2.75) is 18.2 Å². The highest BCUT2D eigenvalue weighted by Gasteiger charge is 2.32. The third kappa shape index (κ3) is 2.54. The van der Waals surface area contributed by atoms with Crippen LogP contribution < -0.4 is 5.73 Å². The zero-order valence-corrected chi connectivity index (χ0v) is 11.8. The summed E-state index contributed by atoms with van der Waals surface area (Å²) in [4.78, 5) is 0.299. The largest absolute Gasteiger partial charge is 0.330 e. The van der Waals surface area contributed by atoms with Gasteiger partial charge in [0.2, 0.25) is 10.0 Å². The van der Waals surface area contributed by atoms with Crippen LogP contribution in [-0.2, 0) is 10.0 Å². The summed E-state index contributed by atoms with van der Waals surface area (Å²) < 4.78 is 26.5. The van der Waals surface area contributed by atoms with Crippen LogP contribution in [0.3, 0.4) is 0 Å². The van der Waals surface area contributed by atoms with E-state index in [0.29, 0.717) is 29.6 Å². The van der Waals surface area contributed by atoms with Crippen molar-refractivity contribution in [2.75, 3.05) is 19.6 Å². The molecular weight excluding hydrogens is 272 g/mol. The van der Waals surface area contributed by atoms with Crippen molar-refractivity contribution < 1.29 is 8.42 Å². The van der Waals surface area contributed by atoms with Gasteiger partial charge in [-0.05, 0) is 43.5 Å². The number of halogens is 1. The van der Waals surface area contributed by atoms with Gasteiger partial charge >= 0.3 is 0 Å². The molecule has 0 aliphatic carbocycles. The van der Waals surface area contributed by atoms with Crippen LogP contribution in [0.25, 0.3) is 0 Å². The Labute approximate surface area is 113 Å². The Hall–Kier alpha value is -0.620. The van der Waals surface area contributed by atoms with Crippen LogP contribution >= 0.6 is 11.6 Å². The zero-order chi connectivity index (χ0) is 13.3. The van der Waals surface area contributed by atoms with Crippen molar-refractivity contribution in [3.63, 3.8) is 0 Å². The molecule has 0 unspecified atom stereocenters. The summed E-state index contributed by atoms with van der Waals surface area (Å²) in [6.07, 6.45) is 0.829. The molecule has 18 heavy (non-hydrogen) atoms. The number of hydrogen-bond acceptors (Lipinski definition) is 3. The quantitative estimate of drug-likeness (QED) is 0.919. The van der Waals surface area contributed by atoms with Gasteiger partial charge in [-0.3, -0.25) is 0 Å². The maximum atomic E-state index is 12.5. The molecular formula is C12H17ClN2O2S. The van der Waals surface area contributed by atoms with Crippen LogP contribution in [0.4, 0.5) is 0 Å². The van der Waals surface area contributed by atoms with Gasteiger partial charge in [0.05, 0.1) is 4.90 Å². The van der Waals surface area contributed by atoms with E-state index >= 15 is 0 Å². The van der Waals surface area contributed by atoms with E-state index in [0.717, 1.165) is 12.0 Å². The Morgan fingerprint density at radius 3 is 2.83 bits per heavy atom. The number of aryl methyl sites for hydroxylation is 1. The van der Waals surface area contributed by atoms with Gasteiger partial charge in [0.15, 0.2) is 0 Å². The standard InChI is InChI=1S/C12H17ClN2O2S/c1-9-2-3-11(13)6-12(9)18(16,17)15-5-4-10(7-14)8-15/h2-3,6,10H,4-5,7-8,14H2,1H3/t10-/m1/s1. The van der Waals surface area contributed by atoms with E-state index < -0.39 is 10.0 Å². The lowest BCUT2D eigenvalue weighted by Gasteiger charge is -2.18. The molecule has 2 rings (SSSR count). The maximum Gasteiger partial charge on any atom is 0.243 e. The summed E-state index contributed by atoms with van der Waals surface area (Å²) in [5.41, 5.74) is 6.31. The Morgan fingerprint density at radius 2 is 2.22 bits per heavy atom. The van der Waals surface area contributed by atoms with E-state index in [1.54, 1.807) is 19.1 Å². The van der Waals surface area contributed by atoms with E-state index in [-0.39, 0.29) is 5.92 Å².